The summed E-state index contributed by atoms with van der Waals surface area (Å²) in [7, 11) is 0. The van der Waals surface area contributed by atoms with E-state index in [1.165, 1.54) is 4.80 Å². The minimum Gasteiger partial charge on any atom is -0.451 e. The smallest absolute Gasteiger partial charge is 0.361 e. The van der Waals surface area contributed by atoms with Gasteiger partial charge in [0.2, 0.25) is 0 Å². The average Bonchev–Trinajstić information content (AvgIpc) is 2.92. The van der Waals surface area contributed by atoms with Crippen LogP contribution in [0.2, 0.25) is 5.02 Å². The van der Waals surface area contributed by atoms with Gasteiger partial charge in [0.15, 0.2) is 12.3 Å². The standard InChI is InChI=1S/C15H13ClN4O3/c1-3-7-17-13(21)9-23-15(22)14-10(2)18-20(19-14)12-6-4-5-11(16)8-12/h1,4-6,8H,7,9H2,2H3,(H,17,21). The summed E-state index contributed by atoms with van der Waals surface area (Å²) in [5.41, 5.74) is 1.00. The molecule has 0 saturated heterocycles. The molecule has 0 atom stereocenters. The summed E-state index contributed by atoms with van der Waals surface area (Å²) in [4.78, 5) is 24.6. The second kappa shape index (κ2) is 7.42. The summed E-state index contributed by atoms with van der Waals surface area (Å²) in [5.74, 6) is 1.01. The zero-order valence-electron chi connectivity index (χ0n) is 12.2. The van der Waals surface area contributed by atoms with Gasteiger partial charge in [-0.25, -0.2) is 4.79 Å². The molecule has 23 heavy (non-hydrogen) atoms. The van der Waals surface area contributed by atoms with Gasteiger partial charge in [0.25, 0.3) is 5.91 Å². The maximum atomic E-state index is 12.0. The number of aryl methyl sites for hydroxylation is 1. The van der Waals surface area contributed by atoms with Gasteiger partial charge >= 0.3 is 5.97 Å². The molecule has 0 unspecified atom stereocenters. The molecule has 2 aromatic rings. The van der Waals surface area contributed by atoms with Crippen LogP contribution in [0.5, 0.6) is 0 Å². The number of benzene rings is 1. The van der Waals surface area contributed by atoms with Gasteiger partial charge in [-0.3, -0.25) is 4.79 Å². The third-order valence-electron chi connectivity index (χ3n) is 2.74. The lowest BCUT2D eigenvalue weighted by Gasteiger charge is -2.03. The SMILES string of the molecule is C#CCNC(=O)COC(=O)c1nn(-c2cccc(Cl)c2)nc1C. The van der Waals surface area contributed by atoms with Crippen LogP contribution in [0.1, 0.15) is 16.2 Å². The second-order valence-electron chi connectivity index (χ2n) is 4.46. The van der Waals surface area contributed by atoms with Crippen LogP contribution in [0.3, 0.4) is 0 Å². The molecule has 8 heteroatoms. The molecule has 1 aromatic carbocycles. The molecular formula is C15H13ClN4O3. The zero-order valence-corrected chi connectivity index (χ0v) is 13.0. The molecule has 0 spiro atoms. The molecule has 1 amide bonds. The quantitative estimate of drug-likeness (QED) is 0.655. The van der Waals surface area contributed by atoms with Crippen molar-refractivity contribution in [1.82, 2.24) is 20.3 Å². The predicted molar refractivity (Wildman–Crippen MR) is 83.2 cm³/mol. The van der Waals surface area contributed by atoms with Crippen LogP contribution in [0.4, 0.5) is 0 Å². The molecule has 1 heterocycles. The molecule has 1 aromatic heterocycles. The summed E-state index contributed by atoms with van der Waals surface area (Å²) in [6.07, 6.45) is 5.01. The van der Waals surface area contributed by atoms with Crippen LogP contribution in [-0.2, 0) is 9.53 Å². The van der Waals surface area contributed by atoms with Gasteiger partial charge in [-0.2, -0.15) is 9.90 Å². The van der Waals surface area contributed by atoms with Crippen molar-refractivity contribution in [1.29, 1.82) is 0 Å². The number of terminal acetylenes is 1. The summed E-state index contributed by atoms with van der Waals surface area (Å²) in [6, 6.07) is 6.85. The molecule has 0 aliphatic heterocycles. The van der Waals surface area contributed by atoms with Crippen LogP contribution >= 0.6 is 11.6 Å². The van der Waals surface area contributed by atoms with Crippen molar-refractivity contribution in [2.24, 2.45) is 0 Å². The Kier molecular flexibility index (Phi) is 5.33. The van der Waals surface area contributed by atoms with E-state index in [0.29, 0.717) is 16.4 Å². The van der Waals surface area contributed by atoms with Gasteiger partial charge in [-0.05, 0) is 25.1 Å². The molecule has 0 radical (unpaired) electrons. The third-order valence-corrected chi connectivity index (χ3v) is 2.97. The van der Waals surface area contributed by atoms with Crippen molar-refractivity contribution < 1.29 is 14.3 Å². The Morgan fingerprint density at radius 1 is 1.43 bits per heavy atom. The Bertz CT molecular complexity index is 779. The average molecular weight is 333 g/mol. The van der Waals surface area contributed by atoms with Crippen molar-refractivity contribution >= 4 is 23.5 Å². The third kappa shape index (κ3) is 4.31. The van der Waals surface area contributed by atoms with Gasteiger partial charge < -0.3 is 10.1 Å². The monoisotopic (exact) mass is 332 g/mol. The van der Waals surface area contributed by atoms with Crippen LogP contribution in [0.15, 0.2) is 24.3 Å². The summed E-state index contributed by atoms with van der Waals surface area (Å²) in [5, 5.41) is 11.1. The fourth-order valence-corrected chi connectivity index (χ4v) is 1.87. The minimum absolute atomic E-state index is 0.0229. The first kappa shape index (κ1) is 16.5. The Morgan fingerprint density at radius 2 is 2.22 bits per heavy atom. The highest BCUT2D eigenvalue weighted by molar-refractivity contribution is 6.30. The zero-order chi connectivity index (χ0) is 16.8. The molecular weight excluding hydrogens is 320 g/mol. The number of esters is 1. The summed E-state index contributed by atoms with van der Waals surface area (Å²) >= 11 is 5.91. The van der Waals surface area contributed by atoms with Crippen molar-refractivity contribution in [2.45, 2.75) is 6.92 Å². The van der Waals surface area contributed by atoms with E-state index in [1.54, 1.807) is 31.2 Å². The molecule has 0 bridgehead atoms. The first-order chi connectivity index (χ1) is 11.0. The van der Waals surface area contributed by atoms with Crippen LogP contribution in [-0.4, -0.2) is 40.0 Å². The van der Waals surface area contributed by atoms with E-state index in [-0.39, 0.29) is 12.2 Å². The number of nitrogens with one attached hydrogen (secondary N) is 1. The number of rotatable bonds is 5. The first-order valence-electron chi connectivity index (χ1n) is 6.58. The highest BCUT2D eigenvalue weighted by Gasteiger charge is 2.19. The van der Waals surface area contributed by atoms with E-state index < -0.39 is 18.5 Å². The molecule has 1 N–H and O–H groups in total. The number of hydrogen-bond donors (Lipinski definition) is 1. The van der Waals surface area contributed by atoms with Crippen LogP contribution in [0.25, 0.3) is 5.69 Å². The lowest BCUT2D eigenvalue weighted by atomic mass is 10.3. The number of ether oxygens (including phenoxy) is 1. The first-order valence-corrected chi connectivity index (χ1v) is 6.96. The fraction of sp³-hybridized carbons (Fsp3) is 0.200. The number of nitrogens with zero attached hydrogens (tertiary/aromatic N) is 3. The van der Waals surface area contributed by atoms with E-state index in [9.17, 15) is 9.59 Å². The number of amides is 1. The molecule has 0 aliphatic carbocycles. The Morgan fingerprint density at radius 3 is 2.91 bits per heavy atom. The molecule has 0 aliphatic rings. The predicted octanol–water partition coefficient (Wildman–Crippen LogP) is 1.14. The van der Waals surface area contributed by atoms with Gasteiger partial charge in [0.1, 0.15) is 0 Å². The summed E-state index contributed by atoms with van der Waals surface area (Å²) in [6.45, 7) is 1.24. The number of aromatic nitrogens is 3. The lowest BCUT2D eigenvalue weighted by Crippen LogP contribution is -2.29. The second-order valence-corrected chi connectivity index (χ2v) is 4.90. The van der Waals surface area contributed by atoms with E-state index >= 15 is 0 Å². The number of halogens is 1. The maximum absolute atomic E-state index is 12.0. The van der Waals surface area contributed by atoms with E-state index in [4.69, 9.17) is 22.8 Å². The highest BCUT2D eigenvalue weighted by atomic mass is 35.5. The van der Waals surface area contributed by atoms with Gasteiger partial charge in [0.05, 0.1) is 17.9 Å². The molecule has 118 valence electrons. The maximum Gasteiger partial charge on any atom is 0.361 e. The highest BCUT2D eigenvalue weighted by Crippen LogP contribution is 2.14. The molecule has 0 fully saturated rings. The van der Waals surface area contributed by atoms with Crippen molar-refractivity contribution in [3.8, 4) is 18.0 Å². The van der Waals surface area contributed by atoms with Crippen LogP contribution < -0.4 is 5.32 Å². The fourth-order valence-electron chi connectivity index (χ4n) is 1.68. The van der Waals surface area contributed by atoms with Crippen molar-refractivity contribution in [3.63, 3.8) is 0 Å². The number of carbonyl (C=O) groups is 2. The topological polar surface area (TPSA) is 86.1 Å². The largest absolute Gasteiger partial charge is 0.451 e. The molecule has 7 nitrogen and oxygen atoms in total. The van der Waals surface area contributed by atoms with E-state index in [1.807, 2.05) is 0 Å². The minimum atomic E-state index is -0.744. The van der Waals surface area contributed by atoms with Crippen molar-refractivity contribution in [3.05, 3.63) is 40.7 Å². The summed E-state index contributed by atoms with van der Waals surface area (Å²) < 4.78 is 4.88. The van der Waals surface area contributed by atoms with Crippen molar-refractivity contribution in [2.75, 3.05) is 13.2 Å². The Hall–Kier alpha value is -2.85. The Balaban J connectivity index is 2.07. The van der Waals surface area contributed by atoms with Crippen LogP contribution in [0, 0.1) is 19.3 Å². The molecule has 2 rings (SSSR count). The Labute approximate surface area is 137 Å². The van der Waals surface area contributed by atoms with Gasteiger partial charge in [-0.1, -0.05) is 23.6 Å². The lowest BCUT2D eigenvalue weighted by molar-refractivity contribution is -0.123. The van der Waals surface area contributed by atoms with E-state index in [2.05, 4.69) is 21.4 Å². The number of hydrogen-bond acceptors (Lipinski definition) is 5. The molecule has 0 saturated carbocycles. The number of carbonyl (C=O) groups excluding carboxylic acids is 2. The van der Waals surface area contributed by atoms with E-state index in [0.717, 1.165) is 0 Å². The van der Waals surface area contributed by atoms with Gasteiger partial charge in [0, 0.05) is 5.02 Å². The van der Waals surface area contributed by atoms with Gasteiger partial charge in [-0.15, -0.1) is 11.5 Å². The normalized spacial score (nSPS) is 9.96.